The molecule has 1 atom stereocenters. The van der Waals surface area contributed by atoms with E-state index in [4.69, 9.17) is 32.7 Å². The van der Waals surface area contributed by atoms with E-state index in [2.05, 4.69) is 4.74 Å². The average molecular weight is 568 g/mol. The number of carbonyl (C=O) groups is 2. The second-order valence-electron chi connectivity index (χ2n) is 7.91. The number of amides is 1. The summed E-state index contributed by atoms with van der Waals surface area (Å²) in [5.74, 6) is -3.19. The number of ketones is 1. The molecule has 1 aliphatic heterocycles. The summed E-state index contributed by atoms with van der Waals surface area (Å²) in [6, 6.07) is 12.8. The molecule has 198 valence electrons. The molecule has 3 aromatic carbocycles. The lowest BCUT2D eigenvalue weighted by molar-refractivity contribution is -0.274. The van der Waals surface area contributed by atoms with Gasteiger partial charge in [0.05, 0.1) is 36.4 Å². The monoisotopic (exact) mass is 567 g/mol. The van der Waals surface area contributed by atoms with Crippen molar-refractivity contribution >= 4 is 46.3 Å². The Balaban J connectivity index is 1.92. The number of Topliss-reactive ketones (excluding diaryl/α,β-unsaturated/α-hetero) is 1. The van der Waals surface area contributed by atoms with E-state index in [1.165, 1.54) is 32.4 Å². The molecule has 38 heavy (non-hydrogen) atoms. The molecule has 0 spiro atoms. The van der Waals surface area contributed by atoms with Gasteiger partial charge in [-0.1, -0.05) is 53.5 Å². The van der Waals surface area contributed by atoms with E-state index >= 15 is 0 Å². The molecule has 1 fully saturated rings. The molecule has 1 N–H and O–H groups in total. The normalized spacial score (nSPS) is 17.0. The van der Waals surface area contributed by atoms with Gasteiger partial charge in [-0.05, 0) is 35.9 Å². The molecule has 0 aromatic heterocycles. The molecule has 0 bridgehead atoms. The van der Waals surface area contributed by atoms with Crippen LogP contribution >= 0.6 is 23.2 Å². The molecule has 7 nitrogen and oxygen atoms in total. The van der Waals surface area contributed by atoms with Crippen LogP contribution in [0.2, 0.25) is 10.0 Å². The van der Waals surface area contributed by atoms with Crippen LogP contribution in [0.3, 0.4) is 0 Å². The Kier molecular flexibility index (Phi) is 7.48. The lowest BCUT2D eigenvalue weighted by atomic mass is 9.94. The van der Waals surface area contributed by atoms with Crippen LogP contribution in [0.4, 0.5) is 18.9 Å². The second-order valence-corrected chi connectivity index (χ2v) is 8.69. The van der Waals surface area contributed by atoms with Gasteiger partial charge in [-0.3, -0.25) is 14.5 Å². The third-order valence-corrected chi connectivity index (χ3v) is 6.33. The molecule has 3 aromatic rings. The molecule has 0 aliphatic carbocycles. The zero-order valence-corrected chi connectivity index (χ0v) is 21.2. The number of aliphatic hydroxyl groups is 1. The van der Waals surface area contributed by atoms with Crippen molar-refractivity contribution in [2.75, 3.05) is 19.1 Å². The topological polar surface area (TPSA) is 85.3 Å². The fraction of sp³-hybridized carbons (Fsp3) is 0.154. The van der Waals surface area contributed by atoms with Crippen molar-refractivity contribution < 1.29 is 42.1 Å². The maximum Gasteiger partial charge on any atom is 0.573 e. The molecule has 1 unspecified atom stereocenters. The first-order valence-electron chi connectivity index (χ1n) is 10.8. The maximum absolute atomic E-state index is 13.3. The van der Waals surface area contributed by atoms with Gasteiger partial charge in [0.15, 0.2) is 11.5 Å². The molecule has 1 saturated heterocycles. The minimum absolute atomic E-state index is 0.00518. The van der Waals surface area contributed by atoms with Crippen LogP contribution in [0.5, 0.6) is 17.2 Å². The van der Waals surface area contributed by atoms with Crippen molar-refractivity contribution in [1.29, 1.82) is 0 Å². The second kappa shape index (κ2) is 10.5. The predicted octanol–water partition coefficient (Wildman–Crippen LogP) is 6.54. The zero-order valence-electron chi connectivity index (χ0n) is 19.7. The Labute approximate surface area is 224 Å². The Morgan fingerprint density at radius 1 is 0.947 bits per heavy atom. The van der Waals surface area contributed by atoms with Crippen LogP contribution < -0.4 is 19.1 Å². The van der Waals surface area contributed by atoms with Crippen molar-refractivity contribution in [3.8, 4) is 17.2 Å². The third-order valence-electron chi connectivity index (χ3n) is 5.70. The third kappa shape index (κ3) is 4.97. The number of benzene rings is 3. The van der Waals surface area contributed by atoms with Crippen LogP contribution in [0.25, 0.3) is 5.76 Å². The smallest absolute Gasteiger partial charge is 0.507 e. The number of alkyl halides is 3. The van der Waals surface area contributed by atoms with Gasteiger partial charge in [-0.2, -0.15) is 0 Å². The lowest BCUT2D eigenvalue weighted by Crippen LogP contribution is -2.29. The standard InChI is InChI=1S/C26H18Cl2F3NO6/c1-36-23-16(12-17(27)24(37-2)19(23)28)21(33)18-20(13-6-4-3-5-7-13)32(25(35)22(18)34)14-8-10-15(11-9-14)38-26(29,30)31/h3-12,20,33H,1-2H3/b21-18+. The van der Waals surface area contributed by atoms with E-state index in [0.717, 1.165) is 17.0 Å². The van der Waals surface area contributed by atoms with Crippen LogP contribution in [-0.2, 0) is 9.59 Å². The molecule has 0 radical (unpaired) electrons. The summed E-state index contributed by atoms with van der Waals surface area (Å²) >= 11 is 12.6. The first-order valence-corrected chi connectivity index (χ1v) is 11.6. The lowest BCUT2D eigenvalue weighted by Gasteiger charge is -2.26. The molecular formula is C26H18Cl2F3NO6. The van der Waals surface area contributed by atoms with E-state index in [0.29, 0.717) is 5.56 Å². The van der Waals surface area contributed by atoms with Gasteiger partial charge in [0.25, 0.3) is 11.7 Å². The van der Waals surface area contributed by atoms with Gasteiger partial charge in [0.2, 0.25) is 0 Å². The number of rotatable bonds is 6. The van der Waals surface area contributed by atoms with Crippen molar-refractivity contribution in [3.05, 3.63) is 87.4 Å². The van der Waals surface area contributed by atoms with Gasteiger partial charge in [0.1, 0.15) is 16.5 Å². The Morgan fingerprint density at radius 3 is 2.11 bits per heavy atom. The van der Waals surface area contributed by atoms with Crippen molar-refractivity contribution in [2.45, 2.75) is 12.4 Å². The number of methoxy groups -OCH3 is 2. The SMILES string of the molecule is COc1c(Cl)cc(/C(O)=C2\C(=O)C(=O)N(c3ccc(OC(F)(F)F)cc3)C2c2ccccc2)c(OC)c1Cl. The average Bonchev–Trinajstić information content (AvgIpc) is 3.14. The van der Waals surface area contributed by atoms with Crippen LogP contribution in [-0.4, -0.2) is 37.4 Å². The van der Waals surface area contributed by atoms with E-state index in [1.807, 2.05) is 0 Å². The van der Waals surface area contributed by atoms with Gasteiger partial charge >= 0.3 is 6.36 Å². The largest absolute Gasteiger partial charge is 0.573 e. The molecular weight excluding hydrogens is 550 g/mol. The summed E-state index contributed by atoms with van der Waals surface area (Å²) < 4.78 is 52.2. The number of aliphatic hydroxyl groups excluding tert-OH is 1. The fourth-order valence-electron chi connectivity index (χ4n) is 4.15. The van der Waals surface area contributed by atoms with E-state index < -0.39 is 35.6 Å². The first-order chi connectivity index (χ1) is 18.0. The van der Waals surface area contributed by atoms with Crippen LogP contribution in [0, 0.1) is 0 Å². The number of ether oxygens (including phenoxy) is 3. The number of hydrogen-bond donors (Lipinski definition) is 1. The summed E-state index contributed by atoms with van der Waals surface area (Å²) in [5, 5.41) is 11.3. The number of hydrogen-bond acceptors (Lipinski definition) is 6. The highest BCUT2D eigenvalue weighted by Gasteiger charge is 2.47. The number of anilines is 1. The highest BCUT2D eigenvalue weighted by molar-refractivity contribution is 6.52. The fourth-order valence-corrected chi connectivity index (χ4v) is 4.84. The maximum atomic E-state index is 13.3. The molecule has 1 aliphatic rings. The number of nitrogens with zero attached hydrogens (tertiary/aromatic N) is 1. The Bertz CT molecular complexity index is 1430. The zero-order chi connectivity index (χ0) is 27.8. The summed E-state index contributed by atoms with van der Waals surface area (Å²) in [7, 11) is 2.61. The van der Waals surface area contributed by atoms with Gasteiger partial charge in [-0.25, -0.2) is 0 Å². The Hall–Kier alpha value is -3.89. The molecule has 4 rings (SSSR count). The number of halogens is 5. The summed E-state index contributed by atoms with van der Waals surface area (Å²) in [4.78, 5) is 27.6. The van der Waals surface area contributed by atoms with E-state index in [1.54, 1.807) is 30.3 Å². The highest BCUT2D eigenvalue weighted by Crippen LogP contribution is 2.48. The van der Waals surface area contributed by atoms with Crippen molar-refractivity contribution in [3.63, 3.8) is 0 Å². The minimum atomic E-state index is -4.91. The predicted molar refractivity (Wildman–Crippen MR) is 134 cm³/mol. The molecule has 1 heterocycles. The van der Waals surface area contributed by atoms with Crippen LogP contribution in [0.15, 0.2) is 66.2 Å². The van der Waals surface area contributed by atoms with Crippen molar-refractivity contribution in [2.24, 2.45) is 0 Å². The van der Waals surface area contributed by atoms with Crippen LogP contribution in [0.1, 0.15) is 17.2 Å². The van der Waals surface area contributed by atoms with Gasteiger partial charge in [0, 0.05) is 5.69 Å². The van der Waals surface area contributed by atoms with E-state index in [9.17, 15) is 27.9 Å². The molecule has 0 saturated carbocycles. The number of carbonyl (C=O) groups excluding carboxylic acids is 2. The summed E-state index contributed by atoms with van der Waals surface area (Å²) in [6.45, 7) is 0. The summed E-state index contributed by atoms with van der Waals surface area (Å²) in [6.07, 6.45) is -4.91. The molecule has 12 heteroatoms. The van der Waals surface area contributed by atoms with Gasteiger partial charge in [-0.15, -0.1) is 13.2 Å². The highest BCUT2D eigenvalue weighted by atomic mass is 35.5. The van der Waals surface area contributed by atoms with E-state index in [-0.39, 0.29) is 38.4 Å². The quantitative estimate of drug-likeness (QED) is 0.207. The molecule has 1 amide bonds. The first kappa shape index (κ1) is 27.2. The van der Waals surface area contributed by atoms with Gasteiger partial charge < -0.3 is 19.3 Å². The minimum Gasteiger partial charge on any atom is -0.507 e. The summed E-state index contributed by atoms with van der Waals surface area (Å²) in [5.41, 5.74) is 0.143. The van der Waals surface area contributed by atoms with Crippen molar-refractivity contribution in [1.82, 2.24) is 0 Å². The Morgan fingerprint density at radius 2 is 1.55 bits per heavy atom.